The average molecular weight is 393 g/mol. The number of para-hydroxylation sites is 1. The summed E-state index contributed by atoms with van der Waals surface area (Å²) in [4.78, 5) is 2.19. The van der Waals surface area contributed by atoms with Gasteiger partial charge in [0.2, 0.25) is 0 Å². The quantitative estimate of drug-likeness (QED) is 0.675. The molecule has 1 heterocycles. The summed E-state index contributed by atoms with van der Waals surface area (Å²) >= 11 is 3.47. The van der Waals surface area contributed by atoms with Gasteiger partial charge in [-0.2, -0.15) is 0 Å². The second-order valence-corrected chi connectivity index (χ2v) is 8.33. The van der Waals surface area contributed by atoms with Crippen LogP contribution < -0.4 is 4.90 Å². The molecule has 0 aliphatic carbocycles. The molecular formula is C17H17BrN2O2S. The van der Waals surface area contributed by atoms with Crippen LogP contribution >= 0.6 is 15.9 Å². The van der Waals surface area contributed by atoms with Gasteiger partial charge in [0.1, 0.15) is 0 Å². The van der Waals surface area contributed by atoms with Gasteiger partial charge >= 0.3 is 0 Å². The van der Waals surface area contributed by atoms with Crippen molar-refractivity contribution < 1.29 is 8.42 Å². The summed E-state index contributed by atoms with van der Waals surface area (Å²) in [5.41, 5.74) is 2.55. The molecule has 0 aliphatic heterocycles. The smallest absolute Gasteiger partial charge is 0.268 e. The molecule has 0 spiro atoms. The molecule has 120 valence electrons. The van der Waals surface area contributed by atoms with E-state index in [2.05, 4.69) is 15.9 Å². The van der Waals surface area contributed by atoms with E-state index < -0.39 is 10.0 Å². The van der Waals surface area contributed by atoms with Gasteiger partial charge in [-0.15, -0.1) is 0 Å². The second kappa shape index (κ2) is 5.69. The number of rotatable bonds is 3. The molecule has 0 saturated heterocycles. The highest BCUT2D eigenvalue weighted by molar-refractivity contribution is 9.10. The molecule has 0 fully saturated rings. The standard InChI is InChI=1S/C17H17BrN2O2S/c1-12-7-9-13(10-8-12)23(21,22)20-11-15(18)14-5-4-6-16(17(14)20)19(2)3/h4-11H,1-3H3. The van der Waals surface area contributed by atoms with Crippen molar-refractivity contribution in [2.75, 3.05) is 19.0 Å². The Bertz CT molecular complexity index is 974. The molecule has 0 bridgehead atoms. The monoisotopic (exact) mass is 392 g/mol. The molecule has 6 heteroatoms. The van der Waals surface area contributed by atoms with Crippen molar-refractivity contribution in [2.45, 2.75) is 11.8 Å². The zero-order chi connectivity index (χ0) is 16.8. The number of anilines is 1. The summed E-state index contributed by atoms with van der Waals surface area (Å²) in [5.74, 6) is 0. The lowest BCUT2D eigenvalue weighted by atomic mass is 10.2. The molecule has 0 atom stereocenters. The van der Waals surface area contributed by atoms with E-state index in [1.807, 2.05) is 44.1 Å². The van der Waals surface area contributed by atoms with E-state index >= 15 is 0 Å². The van der Waals surface area contributed by atoms with Gasteiger partial charge in [-0.25, -0.2) is 12.4 Å². The normalized spacial score (nSPS) is 11.8. The molecule has 0 N–H and O–H groups in total. The zero-order valence-electron chi connectivity index (χ0n) is 13.1. The molecule has 2 aromatic carbocycles. The first-order valence-electron chi connectivity index (χ1n) is 7.11. The Hall–Kier alpha value is -1.79. The fraction of sp³-hybridized carbons (Fsp3) is 0.176. The first-order valence-corrected chi connectivity index (χ1v) is 9.35. The van der Waals surface area contributed by atoms with E-state index in [0.29, 0.717) is 5.52 Å². The maximum absolute atomic E-state index is 13.1. The summed E-state index contributed by atoms with van der Waals surface area (Å²) in [6.45, 7) is 1.93. The summed E-state index contributed by atoms with van der Waals surface area (Å²) in [5, 5.41) is 0.867. The largest absolute Gasteiger partial charge is 0.376 e. The second-order valence-electron chi connectivity index (χ2n) is 5.66. The Balaban J connectivity index is 2.33. The first kappa shape index (κ1) is 16.1. The number of nitrogens with zero attached hydrogens (tertiary/aromatic N) is 2. The van der Waals surface area contributed by atoms with Gasteiger partial charge < -0.3 is 4.90 Å². The molecule has 1 aromatic heterocycles. The van der Waals surface area contributed by atoms with Crippen LogP contribution in [0, 0.1) is 6.92 Å². The minimum absolute atomic E-state index is 0.279. The highest BCUT2D eigenvalue weighted by Crippen LogP contribution is 2.35. The molecule has 0 amide bonds. The lowest BCUT2D eigenvalue weighted by Gasteiger charge is -2.16. The third-order valence-corrected chi connectivity index (χ3v) is 6.09. The summed E-state index contributed by atoms with van der Waals surface area (Å²) < 4.78 is 28.3. The van der Waals surface area contributed by atoms with Crippen LogP contribution in [-0.2, 0) is 10.0 Å². The summed E-state index contributed by atoms with van der Waals surface area (Å²) in [6.07, 6.45) is 1.62. The van der Waals surface area contributed by atoms with Crippen molar-refractivity contribution >= 4 is 42.5 Å². The number of fused-ring (bicyclic) bond motifs is 1. The molecular weight excluding hydrogens is 376 g/mol. The summed E-state index contributed by atoms with van der Waals surface area (Å²) in [6, 6.07) is 12.6. The van der Waals surface area contributed by atoms with E-state index in [1.54, 1.807) is 30.5 Å². The third-order valence-electron chi connectivity index (χ3n) is 3.78. The predicted molar refractivity (Wildman–Crippen MR) is 97.7 cm³/mol. The van der Waals surface area contributed by atoms with Gasteiger partial charge in [-0.1, -0.05) is 29.8 Å². The van der Waals surface area contributed by atoms with Crippen molar-refractivity contribution in [3.8, 4) is 0 Å². The summed E-state index contributed by atoms with van der Waals surface area (Å²) in [7, 11) is 0.145. The van der Waals surface area contributed by atoms with E-state index in [0.717, 1.165) is 21.1 Å². The minimum atomic E-state index is -3.66. The van der Waals surface area contributed by atoms with Crippen molar-refractivity contribution in [1.82, 2.24) is 3.97 Å². The topological polar surface area (TPSA) is 42.3 Å². The molecule has 3 rings (SSSR count). The highest BCUT2D eigenvalue weighted by Gasteiger charge is 2.22. The maximum atomic E-state index is 13.1. The van der Waals surface area contributed by atoms with Crippen LogP contribution in [0.1, 0.15) is 5.56 Å². The molecule has 3 aromatic rings. The third kappa shape index (κ3) is 2.66. The first-order chi connectivity index (χ1) is 10.8. The number of hydrogen-bond acceptors (Lipinski definition) is 3. The Labute approximate surface area is 144 Å². The van der Waals surface area contributed by atoms with Crippen LogP contribution in [0.2, 0.25) is 0 Å². The Morgan fingerprint density at radius 1 is 1.04 bits per heavy atom. The van der Waals surface area contributed by atoms with Crippen LogP contribution in [0.25, 0.3) is 10.9 Å². The highest BCUT2D eigenvalue weighted by atomic mass is 79.9. The number of benzene rings is 2. The van der Waals surface area contributed by atoms with Crippen molar-refractivity contribution in [3.63, 3.8) is 0 Å². The lowest BCUT2D eigenvalue weighted by Crippen LogP contribution is -2.15. The lowest BCUT2D eigenvalue weighted by molar-refractivity contribution is 0.589. The maximum Gasteiger partial charge on any atom is 0.268 e. The average Bonchev–Trinajstić information content (AvgIpc) is 2.86. The van der Waals surface area contributed by atoms with E-state index in [-0.39, 0.29) is 4.90 Å². The Kier molecular flexibility index (Phi) is 3.98. The fourth-order valence-corrected chi connectivity index (χ4v) is 4.61. The van der Waals surface area contributed by atoms with Gasteiger partial charge in [0.15, 0.2) is 0 Å². The van der Waals surface area contributed by atoms with Gasteiger partial charge in [0, 0.05) is 30.2 Å². The van der Waals surface area contributed by atoms with Crippen LogP contribution in [0.15, 0.2) is 58.0 Å². The molecule has 0 aliphatic rings. The van der Waals surface area contributed by atoms with Gasteiger partial charge in [-0.05, 0) is 41.1 Å². The molecule has 0 radical (unpaired) electrons. The number of halogens is 1. The number of aryl methyl sites for hydroxylation is 1. The molecule has 0 unspecified atom stereocenters. The number of hydrogen-bond donors (Lipinski definition) is 0. The zero-order valence-corrected chi connectivity index (χ0v) is 15.5. The Morgan fingerprint density at radius 3 is 2.30 bits per heavy atom. The van der Waals surface area contributed by atoms with Gasteiger partial charge in [-0.3, -0.25) is 0 Å². The molecule has 0 saturated carbocycles. The molecule has 23 heavy (non-hydrogen) atoms. The van der Waals surface area contributed by atoms with E-state index in [1.165, 1.54) is 3.97 Å². The minimum Gasteiger partial charge on any atom is -0.376 e. The number of aromatic nitrogens is 1. The fourth-order valence-electron chi connectivity index (χ4n) is 2.57. The SMILES string of the molecule is Cc1ccc(S(=O)(=O)n2cc(Br)c3cccc(N(C)C)c32)cc1. The van der Waals surface area contributed by atoms with Crippen molar-refractivity contribution in [1.29, 1.82) is 0 Å². The van der Waals surface area contributed by atoms with Gasteiger partial charge in [0.05, 0.1) is 16.1 Å². The molecule has 4 nitrogen and oxygen atoms in total. The van der Waals surface area contributed by atoms with Crippen LogP contribution in [0.3, 0.4) is 0 Å². The van der Waals surface area contributed by atoms with Crippen LogP contribution in [-0.4, -0.2) is 26.5 Å². The Morgan fingerprint density at radius 2 is 1.70 bits per heavy atom. The van der Waals surface area contributed by atoms with E-state index in [9.17, 15) is 8.42 Å². The van der Waals surface area contributed by atoms with Crippen molar-refractivity contribution in [2.24, 2.45) is 0 Å². The van der Waals surface area contributed by atoms with Crippen LogP contribution in [0.4, 0.5) is 5.69 Å². The van der Waals surface area contributed by atoms with Crippen LogP contribution in [0.5, 0.6) is 0 Å². The van der Waals surface area contributed by atoms with Gasteiger partial charge in [0.25, 0.3) is 10.0 Å². The van der Waals surface area contributed by atoms with Crippen molar-refractivity contribution in [3.05, 3.63) is 58.7 Å². The van der Waals surface area contributed by atoms with E-state index in [4.69, 9.17) is 0 Å². The predicted octanol–water partition coefficient (Wildman–Crippen LogP) is 4.02.